The third kappa shape index (κ3) is 4.08. The summed E-state index contributed by atoms with van der Waals surface area (Å²) >= 11 is 3.45. The number of benzene rings is 2. The second-order valence-corrected chi connectivity index (χ2v) is 7.37. The van der Waals surface area contributed by atoms with Crippen molar-refractivity contribution in [2.24, 2.45) is 0 Å². The minimum atomic E-state index is -0.370. The van der Waals surface area contributed by atoms with Crippen LogP contribution in [0.25, 0.3) is 10.9 Å². The number of rotatable bonds is 5. The Morgan fingerprint density at radius 2 is 1.92 bits per heavy atom. The summed E-state index contributed by atoms with van der Waals surface area (Å²) in [6.45, 7) is 3.76. The number of anilines is 1. The van der Waals surface area contributed by atoms with Crippen LogP contribution < -0.4 is 10.6 Å². The van der Waals surface area contributed by atoms with Crippen molar-refractivity contribution in [2.75, 3.05) is 11.9 Å². The number of fused-ring (bicyclic) bond motifs is 1. The number of para-hydroxylation sites is 1. The number of aromatic nitrogens is 1. The van der Waals surface area contributed by atoms with Crippen LogP contribution >= 0.6 is 15.9 Å². The summed E-state index contributed by atoms with van der Waals surface area (Å²) in [6.07, 6.45) is 2.47. The van der Waals surface area contributed by atoms with Crippen LogP contribution in [0.3, 0.4) is 0 Å². The standard InChI is InChI=1S/C20H22BrN3O2/c1-12-7-15(21)8-13(2)19(12)24-20(26)23-16(11-25)9-14-10-22-18-6-4-3-5-17(14)18/h3-8,10,16,22,25H,9,11H2,1-2H3,(H2,23,24,26). The fourth-order valence-corrected chi connectivity index (χ4v) is 3.86. The van der Waals surface area contributed by atoms with E-state index in [-0.39, 0.29) is 18.7 Å². The number of halogens is 1. The summed E-state index contributed by atoms with van der Waals surface area (Å²) in [5.41, 5.74) is 4.85. The van der Waals surface area contributed by atoms with Gasteiger partial charge in [-0.15, -0.1) is 0 Å². The highest BCUT2D eigenvalue weighted by Gasteiger charge is 2.16. The van der Waals surface area contributed by atoms with Crippen molar-refractivity contribution >= 4 is 38.6 Å². The fraction of sp³-hybridized carbons (Fsp3) is 0.250. The van der Waals surface area contributed by atoms with Gasteiger partial charge in [0.15, 0.2) is 0 Å². The van der Waals surface area contributed by atoms with E-state index in [9.17, 15) is 9.90 Å². The normalized spacial score (nSPS) is 12.2. The van der Waals surface area contributed by atoms with Crippen molar-refractivity contribution in [3.05, 3.63) is 63.8 Å². The minimum Gasteiger partial charge on any atom is -0.394 e. The smallest absolute Gasteiger partial charge is 0.319 e. The number of H-pyrrole nitrogens is 1. The Morgan fingerprint density at radius 1 is 1.23 bits per heavy atom. The summed E-state index contributed by atoms with van der Waals surface area (Å²) in [7, 11) is 0. The second-order valence-electron chi connectivity index (χ2n) is 6.46. The number of aromatic amines is 1. The molecule has 136 valence electrons. The van der Waals surface area contributed by atoms with Crippen LogP contribution in [-0.2, 0) is 6.42 Å². The molecule has 0 spiro atoms. The summed E-state index contributed by atoms with van der Waals surface area (Å²) < 4.78 is 0.978. The van der Waals surface area contributed by atoms with Gasteiger partial charge in [0.1, 0.15) is 0 Å². The van der Waals surface area contributed by atoms with Gasteiger partial charge in [-0.3, -0.25) is 0 Å². The SMILES string of the molecule is Cc1cc(Br)cc(C)c1NC(=O)NC(CO)Cc1c[nH]c2ccccc12. The lowest BCUT2D eigenvalue weighted by Gasteiger charge is -2.18. The average Bonchev–Trinajstić information content (AvgIpc) is 3.00. The zero-order valence-electron chi connectivity index (χ0n) is 14.8. The molecule has 0 fully saturated rings. The van der Waals surface area contributed by atoms with Crippen LogP contribution in [-0.4, -0.2) is 28.8 Å². The summed E-state index contributed by atoms with van der Waals surface area (Å²) in [5, 5.41) is 16.6. The van der Waals surface area contributed by atoms with Crippen LogP contribution in [0.15, 0.2) is 47.1 Å². The highest BCUT2D eigenvalue weighted by Crippen LogP contribution is 2.25. The highest BCUT2D eigenvalue weighted by atomic mass is 79.9. The number of aliphatic hydroxyl groups excluding tert-OH is 1. The number of aliphatic hydroxyl groups is 1. The molecule has 0 aliphatic rings. The lowest BCUT2D eigenvalue weighted by molar-refractivity contribution is 0.224. The molecule has 4 N–H and O–H groups in total. The van der Waals surface area contributed by atoms with Crippen molar-refractivity contribution in [3.8, 4) is 0 Å². The number of carbonyl (C=O) groups excluding carboxylic acids is 1. The van der Waals surface area contributed by atoms with E-state index in [1.54, 1.807) is 0 Å². The second kappa shape index (κ2) is 7.93. The van der Waals surface area contributed by atoms with E-state index in [2.05, 4.69) is 31.5 Å². The molecule has 0 aliphatic carbocycles. The van der Waals surface area contributed by atoms with Crippen molar-refractivity contribution in [1.82, 2.24) is 10.3 Å². The van der Waals surface area contributed by atoms with E-state index in [0.29, 0.717) is 6.42 Å². The molecule has 3 aromatic rings. The monoisotopic (exact) mass is 415 g/mol. The van der Waals surface area contributed by atoms with Gasteiger partial charge in [-0.05, 0) is 55.2 Å². The van der Waals surface area contributed by atoms with E-state index >= 15 is 0 Å². The van der Waals surface area contributed by atoms with Crippen molar-refractivity contribution in [2.45, 2.75) is 26.3 Å². The predicted molar refractivity (Wildman–Crippen MR) is 109 cm³/mol. The van der Waals surface area contributed by atoms with Crippen molar-refractivity contribution < 1.29 is 9.90 Å². The lowest BCUT2D eigenvalue weighted by Crippen LogP contribution is -2.41. The number of aryl methyl sites for hydroxylation is 2. The Kier molecular flexibility index (Phi) is 5.64. The van der Waals surface area contributed by atoms with Gasteiger partial charge < -0.3 is 20.7 Å². The first kappa shape index (κ1) is 18.5. The van der Waals surface area contributed by atoms with E-state index in [0.717, 1.165) is 37.8 Å². The van der Waals surface area contributed by atoms with E-state index in [1.165, 1.54) is 0 Å². The maximum Gasteiger partial charge on any atom is 0.319 e. The van der Waals surface area contributed by atoms with E-state index in [4.69, 9.17) is 0 Å². The van der Waals surface area contributed by atoms with Gasteiger partial charge in [-0.1, -0.05) is 34.1 Å². The molecule has 3 rings (SSSR count). The van der Waals surface area contributed by atoms with Crippen LogP contribution in [0.4, 0.5) is 10.5 Å². The molecule has 2 amide bonds. The molecule has 2 aromatic carbocycles. The Hall–Kier alpha value is -2.31. The fourth-order valence-electron chi connectivity index (χ4n) is 3.17. The molecule has 1 atom stereocenters. The van der Waals surface area contributed by atoms with Crippen LogP contribution in [0.2, 0.25) is 0 Å². The molecule has 0 aliphatic heterocycles. The molecule has 0 saturated heterocycles. The Morgan fingerprint density at radius 3 is 2.62 bits per heavy atom. The van der Waals surface area contributed by atoms with Gasteiger partial charge in [-0.2, -0.15) is 0 Å². The zero-order valence-corrected chi connectivity index (χ0v) is 16.4. The molecule has 1 heterocycles. The predicted octanol–water partition coefficient (Wildman–Crippen LogP) is 4.27. The van der Waals surface area contributed by atoms with Crippen LogP contribution in [0.1, 0.15) is 16.7 Å². The molecule has 1 unspecified atom stereocenters. The van der Waals surface area contributed by atoms with Gasteiger partial charge in [0.25, 0.3) is 0 Å². The van der Waals surface area contributed by atoms with Gasteiger partial charge >= 0.3 is 6.03 Å². The Bertz CT molecular complexity index is 913. The van der Waals surface area contributed by atoms with Gasteiger partial charge in [0, 0.05) is 27.3 Å². The molecule has 26 heavy (non-hydrogen) atoms. The summed E-state index contributed by atoms with van der Waals surface area (Å²) in [6, 6.07) is 11.2. The van der Waals surface area contributed by atoms with Gasteiger partial charge in [0.2, 0.25) is 0 Å². The summed E-state index contributed by atoms with van der Waals surface area (Å²) in [4.78, 5) is 15.6. The lowest BCUT2D eigenvalue weighted by atomic mass is 10.1. The van der Waals surface area contributed by atoms with Crippen molar-refractivity contribution in [3.63, 3.8) is 0 Å². The molecular formula is C20H22BrN3O2. The van der Waals surface area contributed by atoms with Crippen LogP contribution in [0.5, 0.6) is 0 Å². The number of hydrogen-bond donors (Lipinski definition) is 4. The molecule has 6 heteroatoms. The zero-order chi connectivity index (χ0) is 18.7. The topological polar surface area (TPSA) is 77.2 Å². The van der Waals surface area contributed by atoms with E-state index in [1.807, 2.05) is 56.4 Å². The van der Waals surface area contributed by atoms with Gasteiger partial charge in [-0.25, -0.2) is 4.79 Å². The quantitative estimate of drug-likeness (QED) is 0.501. The molecule has 0 saturated carbocycles. The maximum absolute atomic E-state index is 12.4. The largest absolute Gasteiger partial charge is 0.394 e. The first-order valence-corrected chi connectivity index (χ1v) is 9.27. The summed E-state index contributed by atoms with van der Waals surface area (Å²) in [5.74, 6) is 0. The Balaban J connectivity index is 1.69. The first-order chi connectivity index (χ1) is 12.5. The number of nitrogens with one attached hydrogen (secondary N) is 3. The molecule has 5 nitrogen and oxygen atoms in total. The number of amides is 2. The molecule has 1 aromatic heterocycles. The number of urea groups is 1. The third-order valence-electron chi connectivity index (χ3n) is 4.43. The Labute approximate surface area is 160 Å². The molecule has 0 bridgehead atoms. The number of hydrogen-bond acceptors (Lipinski definition) is 2. The molecule has 0 radical (unpaired) electrons. The number of carbonyl (C=O) groups is 1. The first-order valence-electron chi connectivity index (χ1n) is 8.48. The van der Waals surface area contributed by atoms with Crippen LogP contribution in [0, 0.1) is 13.8 Å². The minimum absolute atomic E-state index is 0.134. The molecular weight excluding hydrogens is 394 g/mol. The van der Waals surface area contributed by atoms with Gasteiger partial charge in [0.05, 0.1) is 12.6 Å². The van der Waals surface area contributed by atoms with Crippen molar-refractivity contribution in [1.29, 1.82) is 0 Å². The average molecular weight is 416 g/mol. The third-order valence-corrected chi connectivity index (χ3v) is 4.89. The highest BCUT2D eigenvalue weighted by molar-refractivity contribution is 9.10. The maximum atomic E-state index is 12.4. The van der Waals surface area contributed by atoms with E-state index < -0.39 is 0 Å².